The predicted molar refractivity (Wildman–Crippen MR) is 134 cm³/mol. The summed E-state index contributed by atoms with van der Waals surface area (Å²) in [6.45, 7) is 4.81. The van der Waals surface area contributed by atoms with E-state index in [-0.39, 0.29) is 5.91 Å². The van der Waals surface area contributed by atoms with Crippen LogP contribution in [-0.4, -0.2) is 48.8 Å². The molecule has 1 saturated carbocycles. The van der Waals surface area contributed by atoms with E-state index in [0.717, 1.165) is 34.7 Å². The Hall–Kier alpha value is -2.26. The number of aromatic nitrogens is 5. The molecule has 0 unspecified atom stereocenters. The minimum Gasteiger partial charge on any atom is -0.355 e. The predicted octanol–water partition coefficient (Wildman–Crippen LogP) is 4.76. The lowest BCUT2D eigenvalue weighted by molar-refractivity contribution is -0.118. The molecule has 1 aromatic carbocycles. The maximum atomic E-state index is 12.4. The number of benzene rings is 1. The molecule has 0 saturated heterocycles. The molecular formula is C24H32N6OS2. The van der Waals surface area contributed by atoms with E-state index in [1.165, 1.54) is 48.6 Å². The lowest BCUT2D eigenvalue weighted by Crippen LogP contribution is -2.27. The Balaban J connectivity index is 1.26. The third kappa shape index (κ3) is 5.81. The van der Waals surface area contributed by atoms with Gasteiger partial charge in [-0.05, 0) is 56.6 Å². The largest absolute Gasteiger partial charge is 0.355 e. The van der Waals surface area contributed by atoms with Crippen LogP contribution in [0, 0.1) is 13.8 Å². The van der Waals surface area contributed by atoms with E-state index in [2.05, 4.69) is 67.9 Å². The number of hydrogen-bond donors (Lipinski definition) is 1. The lowest BCUT2D eigenvalue weighted by Gasteiger charge is -2.16. The van der Waals surface area contributed by atoms with Crippen LogP contribution in [0.15, 0.2) is 40.9 Å². The molecule has 1 amide bonds. The van der Waals surface area contributed by atoms with Crippen LogP contribution in [0.3, 0.4) is 0 Å². The van der Waals surface area contributed by atoms with Crippen molar-refractivity contribution in [3.63, 3.8) is 0 Å². The van der Waals surface area contributed by atoms with E-state index in [1.807, 2.05) is 6.20 Å². The number of hydrogen-bond acceptors (Lipinski definition) is 6. The molecular weight excluding hydrogens is 452 g/mol. The molecule has 0 bridgehead atoms. The number of nitrogens with one attached hydrogen (secondary N) is 1. The fraction of sp³-hybridized carbons (Fsp3) is 0.500. The summed E-state index contributed by atoms with van der Waals surface area (Å²) in [6.07, 6.45) is 12.5. The van der Waals surface area contributed by atoms with Gasteiger partial charge in [0.1, 0.15) is 5.82 Å². The number of thioether (sulfide) groups is 2. The summed E-state index contributed by atoms with van der Waals surface area (Å²) in [5, 5.41) is 13.7. The second kappa shape index (κ2) is 11.2. The van der Waals surface area contributed by atoms with Crippen LogP contribution in [0.25, 0.3) is 5.69 Å². The summed E-state index contributed by atoms with van der Waals surface area (Å²) in [6, 6.07) is 6.90. The second-order valence-corrected chi connectivity index (χ2v) is 10.2. The molecule has 4 rings (SSSR count). The normalized spacial score (nSPS) is 14.2. The van der Waals surface area contributed by atoms with Gasteiger partial charge >= 0.3 is 0 Å². The van der Waals surface area contributed by atoms with E-state index in [0.29, 0.717) is 18.3 Å². The number of carbonyl (C=O) groups excluding carboxylic acids is 1. The Morgan fingerprint density at radius 2 is 2.00 bits per heavy atom. The molecule has 1 fully saturated rings. The van der Waals surface area contributed by atoms with E-state index in [4.69, 9.17) is 0 Å². The monoisotopic (exact) mass is 484 g/mol. The van der Waals surface area contributed by atoms with Crippen molar-refractivity contribution in [2.45, 2.75) is 68.7 Å². The Bertz CT molecular complexity index is 1090. The van der Waals surface area contributed by atoms with Crippen LogP contribution in [-0.2, 0) is 11.2 Å². The average molecular weight is 485 g/mol. The van der Waals surface area contributed by atoms with Crippen molar-refractivity contribution in [1.29, 1.82) is 0 Å². The fourth-order valence-corrected chi connectivity index (χ4v) is 5.73. The molecule has 2 heterocycles. The van der Waals surface area contributed by atoms with Crippen LogP contribution in [0.2, 0.25) is 0 Å². The molecule has 33 heavy (non-hydrogen) atoms. The van der Waals surface area contributed by atoms with Gasteiger partial charge in [-0.1, -0.05) is 48.5 Å². The molecule has 0 spiro atoms. The van der Waals surface area contributed by atoms with Crippen LogP contribution in [0.5, 0.6) is 0 Å². The number of nitrogens with zero attached hydrogens (tertiary/aromatic N) is 5. The number of amides is 1. The van der Waals surface area contributed by atoms with Crippen molar-refractivity contribution in [1.82, 2.24) is 29.6 Å². The minimum absolute atomic E-state index is 0.0255. The summed E-state index contributed by atoms with van der Waals surface area (Å²) in [5.74, 6) is 1.42. The van der Waals surface area contributed by atoms with E-state index >= 15 is 0 Å². The van der Waals surface area contributed by atoms with Crippen LogP contribution < -0.4 is 5.32 Å². The Morgan fingerprint density at radius 1 is 1.18 bits per heavy atom. The highest BCUT2D eigenvalue weighted by molar-refractivity contribution is 7.99. The summed E-state index contributed by atoms with van der Waals surface area (Å²) in [4.78, 5) is 16.9. The summed E-state index contributed by atoms with van der Waals surface area (Å²) < 4.78 is 4.39. The zero-order valence-corrected chi connectivity index (χ0v) is 21.2. The van der Waals surface area contributed by atoms with Gasteiger partial charge in [-0.2, -0.15) is 0 Å². The fourth-order valence-electron chi connectivity index (χ4n) is 4.36. The van der Waals surface area contributed by atoms with Crippen molar-refractivity contribution in [3.8, 4) is 5.69 Å². The van der Waals surface area contributed by atoms with Gasteiger partial charge < -0.3 is 9.88 Å². The standard InChI is InChI=1S/C24H32N6OS2/c1-17-10-11-18(2)20(15-17)29-14-13-26-23(29)33-16-22(31)25-12-6-9-21-27-28-24(32-3)30(21)19-7-4-5-8-19/h10-11,13-15,19H,4-9,12,16H2,1-3H3,(H,25,31). The van der Waals surface area contributed by atoms with Gasteiger partial charge in [-0.25, -0.2) is 4.98 Å². The summed E-state index contributed by atoms with van der Waals surface area (Å²) >= 11 is 3.12. The van der Waals surface area contributed by atoms with Crippen molar-refractivity contribution in [3.05, 3.63) is 47.5 Å². The third-order valence-electron chi connectivity index (χ3n) is 6.07. The molecule has 0 radical (unpaired) electrons. The summed E-state index contributed by atoms with van der Waals surface area (Å²) in [5.41, 5.74) is 3.48. The SMILES string of the molecule is CSc1nnc(CCCNC(=O)CSc2nccn2-c2cc(C)ccc2C)n1C1CCCC1. The first-order chi connectivity index (χ1) is 16.1. The van der Waals surface area contributed by atoms with E-state index < -0.39 is 0 Å². The molecule has 3 aromatic rings. The first-order valence-corrected chi connectivity index (χ1v) is 13.8. The highest BCUT2D eigenvalue weighted by atomic mass is 32.2. The zero-order chi connectivity index (χ0) is 23.2. The van der Waals surface area contributed by atoms with Crippen LogP contribution in [0.4, 0.5) is 0 Å². The van der Waals surface area contributed by atoms with Crippen molar-refractivity contribution >= 4 is 29.4 Å². The Kier molecular flexibility index (Phi) is 8.14. The first kappa shape index (κ1) is 23.9. The molecule has 7 nitrogen and oxygen atoms in total. The number of rotatable bonds is 10. The van der Waals surface area contributed by atoms with Crippen molar-refractivity contribution in [2.75, 3.05) is 18.6 Å². The van der Waals surface area contributed by atoms with E-state index in [9.17, 15) is 4.79 Å². The Labute approximate surface area is 204 Å². The number of aryl methyl sites for hydroxylation is 3. The molecule has 1 N–H and O–H groups in total. The molecule has 0 aliphatic heterocycles. The maximum absolute atomic E-state index is 12.4. The molecule has 9 heteroatoms. The van der Waals surface area contributed by atoms with Gasteiger partial charge in [0.05, 0.1) is 11.4 Å². The average Bonchev–Trinajstić information content (AvgIpc) is 3.57. The van der Waals surface area contributed by atoms with Crippen molar-refractivity contribution < 1.29 is 4.79 Å². The molecule has 0 atom stereocenters. The first-order valence-electron chi connectivity index (χ1n) is 11.5. The Morgan fingerprint density at radius 3 is 2.79 bits per heavy atom. The van der Waals surface area contributed by atoms with Crippen molar-refractivity contribution in [2.24, 2.45) is 0 Å². The van der Waals surface area contributed by atoms with Gasteiger partial charge in [0.2, 0.25) is 5.91 Å². The zero-order valence-electron chi connectivity index (χ0n) is 19.6. The van der Waals surface area contributed by atoms with Gasteiger partial charge in [-0.3, -0.25) is 9.36 Å². The van der Waals surface area contributed by atoms with Crippen LogP contribution >= 0.6 is 23.5 Å². The van der Waals surface area contributed by atoms with Gasteiger partial charge in [0, 0.05) is 31.4 Å². The van der Waals surface area contributed by atoms with Gasteiger partial charge in [0.15, 0.2) is 10.3 Å². The lowest BCUT2D eigenvalue weighted by atomic mass is 10.1. The topological polar surface area (TPSA) is 77.6 Å². The smallest absolute Gasteiger partial charge is 0.230 e. The van der Waals surface area contributed by atoms with Crippen LogP contribution in [0.1, 0.15) is 55.1 Å². The number of carbonyl (C=O) groups is 1. The highest BCUT2D eigenvalue weighted by Gasteiger charge is 2.23. The molecule has 1 aliphatic carbocycles. The number of imidazole rings is 1. The van der Waals surface area contributed by atoms with Gasteiger partial charge in [-0.15, -0.1) is 10.2 Å². The molecule has 176 valence electrons. The quantitative estimate of drug-likeness (QED) is 0.330. The second-order valence-electron chi connectivity index (χ2n) is 8.52. The molecule has 2 aromatic heterocycles. The van der Waals surface area contributed by atoms with Gasteiger partial charge in [0.25, 0.3) is 0 Å². The maximum Gasteiger partial charge on any atom is 0.230 e. The van der Waals surface area contributed by atoms with E-state index in [1.54, 1.807) is 18.0 Å². The minimum atomic E-state index is 0.0255. The summed E-state index contributed by atoms with van der Waals surface area (Å²) in [7, 11) is 0. The highest BCUT2D eigenvalue weighted by Crippen LogP contribution is 2.33. The molecule has 1 aliphatic rings. The third-order valence-corrected chi connectivity index (χ3v) is 7.68.